The summed E-state index contributed by atoms with van der Waals surface area (Å²) >= 11 is 0. The van der Waals surface area contributed by atoms with Crippen LogP contribution in [0.3, 0.4) is 0 Å². The molecule has 0 radical (unpaired) electrons. The molecule has 0 saturated heterocycles. The second-order valence-corrected chi connectivity index (χ2v) is 5.99. The van der Waals surface area contributed by atoms with Crippen LogP contribution in [0.2, 0.25) is 0 Å². The molecule has 1 aliphatic rings. The van der Waals surface area contributed by atoms with Crippen molar-refractivity contribution in [3.63, 3.8) is 0 Å². The Balaban J connectivity index is 2.11. The zero-order chi connectivity index (χ0) is 14.3. The van der Waals surface area contributed by atoms with Crippen LogP contribution in [0.4, 0.5) is 0 Å². The SMILES string of the molecule is CCn1c(C2COc3ccccc32)nnc1S(N)(=O)=O. The largest absolute Gasteiger partial charge is 0.492 e. The summed E-state index contributed by atoms with van der Waals surface area (Å²) in [6.07, 6.45) is 0. The second kappa shape index (κ2) is 4.57. The van der Waals surface area contributed by atoms with Crippen LogP contribution < -0.4 is 9.88 Å². The van der Waals surface area contributed by atoms with E-state index in [0.717, 1.165) is 11.3 Å². The molecule has 1 aromatic heterocycles. The van der Waals surface area contributed by atoms with Crippen LogP contribution in [0, 0.1) is 0 Å². The number of nitrogens with two attached hydrogens (primary N) is 1. The number of ether oxygens (including phenoxy) is 1. The molecule has 0 aliphatic carbocycles. The van der Waals surface area contributed by atoms with E-state index in [-0.39, 0.29) is 11.1 Å². The molecule has 8 heteroatoms. The fraction of sp³-hybridized carbons (Fsp3) is 0.333. The Morgan fingerprint density at radius 1 is 1.40 bits per heavy atom. The molecule has 0 fully saturated rings. The first-order valence-corrected chi connectivity index (χ1v) is 7.74. The molecule has 106 valence electrons. The van der Waals surface area contributed by atoms with E-state index in [1.807, 2.05) is 31.2 Å². The highest BCUT2D eigenvalue weighted by molar-refractivity contribution is 7.89. The van der Waals surface area contributed by atoms with Crippen LogP contribution in [-0.4, -0.2) is 29.8 Å². The van der Waals surface area contributed by atoms with Crippen molar-refractivity contribution in [1.82, 2.24) is 14.8 Å². The summed E-state index contributed by atoms with van der Waals surface area (Å²) in [4.78, 5) is 0. The highest BCUT2D eigenvalue weighted by atomic mass is 32.2. The number of sulfonamides is 1. The minimum absolute atomic E-state index is 0.130. The van der Waals surface area contributed by atoms with E-state index in [2.05, 4.69) is 10.2 Å². The van der Waals surface area contributed by atoms with Gasteiger partial charge in [0.25, 0.3) is 15.2 Å². The zero-order valence-electron chi connectivity index (χ0n) is 10.9. The Morgan fingerprint density at radius 2 is 2.15 bits per heavy atom. The van der Waals surface area contributed by atoms with Gasteiger partial charge in [-0.05, 0) is 13.0 Å². The standard InChI is InChI=1S/C12H14N4O3S/c1-2-16-11(14-15-12(16)20(13,17)18)9-7-19-10-6-4-3-5-8(9)10/h3-6,9H,2,7H2,1H3,(H2,13,17,18). The monoisotopic (exact) mass is 294 g/mol. The number of rotatable bonds is 3. The summed E-state index contributed by atoms with van der Waals surface area (Å²) in [7, 11) is -3.88. The minimum atomic E-state index is -3.88. The maximum Gasteiger partial charge on any atom is 0.273 e. The summed E-state index contributed by atoms with van der Waals surface area (Å²) in [5.41, 5.74) is 0.982. The number of primary sulfonamides is 1. The van der Waals surface area contributed by atoms with Gasteiger partial charge in [0.2, 0.25) is 0 Å². The Morgan fingerprint density at radius 3 is 2.85 bits per heavy atom. The van der Waals surface area contributed by atoms with Gasteiger partial charge in [-0.2, -0.15) is 0 Å². The topological polar surface area (TPSA) is 100 Å². The fourth-order valence-corrected chi connectivity index (χ4v) is 3.13. The molecule has 0 amide bonds. The number of hydrogen-bond donors (Lipinski definition) is 1. The number of para-hydroxylation sites is 1. The predicted octanol–water partition coefficient (Wildman–Crippen LogP) is 0.470. The van der Waals surface area contributed by atoms with E-state index in [4.69, 9.17) is 9.88 Å². The predicted molar refractivity (Wildman–Crippen MR) is 70.8 cm³/mol. The Bertz CT molecular complexity index is 754. The highest BCUT2D eigenvalue weighted by Crippen LogP contribution is 2.37. The van der Waals surface area contributed by atoms with Crippen LogP contribution >= 0.6 is 0 Å². The first-order chi connectivity index (χ1) is 9.52. The summed E-state index contributed by atoms with van der Waals surface area (Å²) < 4.78 is 30.1. The van der Waals surface area contributed by atoms with E-state index < -0.39 is 10.0 Å². The average Bonchev–Trinajstić information content (AvgIpc) is 3.00. The van der Waals surface area contributed by atoms with E-state index in [1.165, 1.54) is 4.57 Å². The van der Waals surface area contributed by atoms with Crippen LogP contribution in [-0.2, 0) is 16.6 Å². The third-order valence-electron chi connectivity index (χ3n) is 3.33. The summed E-state index contributed by atoms with van der Waals surface area (Å²) in [5, 5.41) is 12.7. The van der Waals surface area contributed by atoms with Gasteiger partial charge in [0, 0.05) is 12.1 Å². The fourth-order valence-electron chi connectivity index (χ4n) is 2.44. The Labute approximate surface area is 116 Å². The molecule has 0 spiro atoms. The summed E-state index contributed by atoms with van der Waals surface area (Å²) in [6, 6.07) is 7.62. The minimum Gasteiger partial charge on any atom is -0.492 e. The molecule has 2 aromatic rings. The van der Waals surface area contributed by atoms with Crippen molar-refractivity contribution in [2.24, 2.45) is 5.14 Å². The number of fused-ring (bicyclic) bond motifs is 1. The van der Waals surface area contributed by atoms with Crippen molar-refractivity contribution in [2.45, 2.75) is 24.5 Å². The first kappa shape index (κ1) is 13.1. The van der Waals surface area contributed by atoms with Gasteiger partial charge in [0.15, 0.2) is 0 Å². The van der Waals surface area contributed by atoms with Crippen molar-refractivity contribution in [3.8, 4) is 5.75 Å². The molecular weight excluding hydrogens is 280 g/mol. The molecule has 1 atom stereocenters. The highest BCUT2D eigenvalue weighted by Gasteiger charge is 2.32. The van der Waals surface area contributed by atoms with Gasteiger partial charge in [-0.1, -0.05) is 18.2 Å². The van der Waals surface area contributed by atoms with Crippen molar-refractivity contribution < 1.29 is 13.2 Å². The smallest absolute Gasteiger partial charge is 0.273 e. The van der Waals surface area contributed by atoms with Crippen molar-refractivity contribution in [2.75, 3.05) is 6.61 Å². The molecule has 1 aliphatic heterocycles. The van der Waals surface area contributed by atoms with Crippen molar-refractivity contribution in [3.05, 3.63) is 35.7 Å². The number of aromatic nitrogens is 3. The molecular formula is C12H14N4O3S. The molecule has 20 heavy (non-hydrogen) atoms. The Kier molecular flexibility index (Phi) is 2.98. The molecule has 1 aromatic carbocycles. The third-order valence-corrected chi connectivity index (χ3v) is 4.14. The molecule has 2 N–H and O–H groups in total. The molecule has 2 heterocycles. The molecule has 0 bridgehead atoms. The lowest BCUT2D eigenvalue weighted by molar-refractivity contribution is 0.336. The van der Waals surface area contributed by atoms with E-state index in [1.54, 1.807) is 0 Å². The molecule has 3 rings (SSSR count). The van der Waals surface area contributed by atoms with Gasteiger partial charge in [-0.15, -0.1) is 10.2 Å². The van der Waals surface area contributed by atoms with E-state index in [9.17, 15) is 8.42 Å². The summed E-state index contributed by atoms with van der Waals surface area (Å²) in [5.74, 6) is 1.22. The van der Waals surface area contributed by atoms with E-state index >= 15 is 0 Å². The maximum atomic E-state index is 11.5. The summed E-state index contributed by atoms with van der Waals surface area (Å²) in [6.45, 7) is 2.66. The lowest BCUT2D eigenvalue weighted by atomic mass is 10.0. The Hall–Kier alpha value is -1.93. The lowest BCUT2D eigenvalue weighted by Crippen LogP contribution is -2.20. The number of nitrogens with zero attached hydrogens (tertiary/aromatic N) is 3. The molecule has 1 unspecified atom stereocenters. The van der Waals surface area contributed by atoms with Gasteiger partial charge in [0.1, 0.15) is 18.2 Å². The third kappa shape index (κ3) is 1.97. The first-order valence-electron chi connectivity index (χ1n) is 6.20. The van der Waals surface area contributed by atoms with E-state index in [0.29, 0.717) is 19.0 Å². The van der Waals surface area contributed by atoms with Crippen molar-refractivity contribution in [1.29, 1.82) is 0 Å². The normalized spacial score (nSPS) is 17.8. The van der Waals surface area contributed by atoms with Gasteiger partial charge in [-0.25, -0.2) is 13.6 Å². The number of benzene rings is 1. The quantitative estimate of drug-likeness (QED) is 0.887. The van der Waals surface area contributed by atoms with Crippen LogP contribution in [0.15, 0.2) is 29.4 Å². The van der Waals surface area contributed by atoms with Crippen molar-refractivity contribution >= 4 is 10.0 Å². The molecule has 0 saturated carbocycles. The second-order valence-electron chi connectivity index (χ2n) is 4.53. The molecule has 7 nitrogen and oxygen atoms in total. The van der Waals surface area contributed by atoms with Crippen LogP contribution in [0.25, 0.3) is 0 Å². The number of hydrogen-bond acceptors (Lipinski definition) is 5. The van der Waals surface area contributed by atoms with Crippen LogP contribution in [0.1, 0.15) is 24.2 Å². The van der Waals surface area contributed by atoms with Gasteiger partial charge < -0.3 is 9.30 Å². The average molecular weight is 294 g/mol. The van der Waals surface area contributed by atoms with Gasteiger partial charge in [0.05, 0.1) is 5.92 Å². The van der Waals surface area contributed by atoms with Gasteiger partial charge >= 0.3 is 0 Å². The maximum absolute atomic E-state index is 11.5. The zero-order valence-corrected chi connectivity index (χ0v) is 11.7. The van der Waals surface area contributed by atoms with Crippen LogP contribution in [0.5, 0.6) is 5.75 Å². The van der Waals surface area contributed by atoms with Gasteiger partial charge in [-0.3, -0.25) is 0 Å². The lowest BCUT2D eigenvalue weighted by Gasteiger charge is -2.10.